The van der Waals surface area contributed by atoms with Crippen molar-refractivity contribution >= 4 is 57.7 Å². The Kier molecular flexibility index (Phi) is 25.6. The average molecular weight is 1240 g/mol. The number of nitrogens with two attached hydrogens (primary N) is 1. The van der Waals surface area contributed by atoms with Gasteiger partial charge >= 0.3 is 29.6 Å². The molecule has 3 saturated heterocycles. The zero-order chi connectivity index (χ0) is 62.6. The first-order chi connectivity index (χ1) is 40.1. The van der Waals surface area contributed by atoms with Crippen molar-refractivity contribution in [2.45, 2.75) is 151 Å². The molecule has 3 aliphatic heterocycles. The third kappa shape index (κ3) is 18.5. The van der Waals surface area contributed by atoms with Crippen LogP contribution in [0.2, 0.25) is 0 Å². The number of hydrogen-bond acceptors (Lipinski definition) is 22. The zero-order valence-corrected chi connectivity index (χ0v) is 50.4. The molecule has 32 heteroatoms. The van der Waals surface area contributed by atoms with Gasteiger partial charge in [0.25, 0.3) is 16.3 Å². The fourth-order valence-corrected chi connectivity index (χ4v) is 10.4. The van der Waals surface area contributed by atoms with Crippen LogP contribution in [-0.4, -0.2) is 215 Å². The summed E-state index contributed by atoms with van der Waals surface area (Å²) in [6, 6.07) is -0.423. The number of ether oxygens (including phenoxy) is 1. The Hall–Kier alpha value is -6.62. The number of amides is 8. The van der Waals surface area contributed by atoms with Gasteiger partial charge in [-0.3, -0.25) is 43.3 Å². The number of aliphatic hydroxyl groups is 7. The van der Waals surface area contributed by atoms with Gasteiger partial charge in [0.05, 0.1) is 54.8 Å². The summed E-state index contributed by atoms with van der Waals surface area (Å²) in [6.45, 7) is 3.23. The molecule has 0 radical (unpaired) electrons. The maximum absolute atomic E-state index is 14.6. The molecular weight excluding hydrogens is 1170 g/mol. The SMILES string of the molecule is CCCCCCCOc1ccc(-c2ccc(C(=O)N[C@H]3C[C@@H](O)CNC(=O)C4[C@@H](O)[C@@H](C)CN4C(=O)C([C@H](O)CC(N)=O)NC(=O)C([C@H](O)[C@@H](O)c4ccc(O)c(OS(=O)(=O)[O-])c4)NC(=O)C4C[C@@H](O)CN4C(=O)C([C@@H](C)O)NC3=O)cn2)cc1.[Na+]. The number of β-amino-alcohol motifs (C(OH)–C–C–N with tert-alkyl or cyclic N) is 1. The Morgan fingerprint density at radius 1 is 0.814 bits per heavy atom. The van der Waals surface area contributed by atoms with E-state index in [1.807, 2.05) is 0 Å². The van der Waals surface area contributed by atoms with Gasteiger partial charge in [0.1, 0.15) is 54.2 Å². The topological polar surface area (TPSA) is 480 Å². The number of rotatable bonds is 19. The van der Waals surface area contributed by atoms with E-state index in [4.69, 9.17) is 10.5 Å². The minimum atomic E-state index is -5.58. The Morgan fingerprint density at radius 2 is 1.47 bits per heavy atom. The van der Waals surface area contributed by atoms with E-state index in [1.165, 1.54) is 25.3 Å². The number of pyridine rings is 1. The number of carbonyl (C=O) groups excluding carboxylic acids is 8. The van der Waals surface area contributed by atoms with Crippen LogP contribution in [0.25, 0.3) is 11.3 Å². The van der Waals surface area contributed by atoms with E-state index in [2.05, 4.69) is 42.7 Å². The smallest absolute Gasteiger partial charge is 0.716 e. The predicted molar refractivity (Wildman–Crippen MR) is 292 cm³/mol. The zero-order valence-electron chi connectivity index (χ0n) is 47.6. The molecule has 1 aromatic heterocycles. The summed E-state index contributed by atoms with van der Waals surface area (Å²) >= 11 is 0. The molecule has 5 unspecified atom stereocenters. The van der Waals surface area contributed by atoms with Crippen molar-refractivity contribution in [2.75, 3.05) is 26.2 Å². The van der Waals surface area contributed by atoms with Crippen LogP contribution in [0, 0.1) is 5.92 Å². The van der Waals surface area contributed by atoms with Gasteiger partial charge in [-0.2, -0.15) is 0 Å². The van der Waals surface area contributed by atoms with Crippen LogP contribution < -0.4 is 70.8 Å². The molecule has 30 nitrogen and oxygen atoms in total. The van der Waals surface area contributed by atoms with E-state index in [-0.39, 0.29) is 35.1 Å². The summed E-state index contributed by atoms with van der Waals surface area (Å²) in [5, 5.41) is 101. The van der Waals surface area contributed by atoms with E-state index in [0.717, 1.165) is 45.1 Å². The second-order valence-electron chi connectivity index (χ2n) is 21.3. The number of aromatic hydroxyl groups is 1. The number of primary amides is 1. The first-order valence-electron chi connectivity index (χ1n) is 27.4. The van der Waals surface area contributed by atoms with E-state index < -0.39 is 199 Å². The second kappa shape index (κ2) is 31.3. The van der Waals surface area contributed by atoms with E-state index >= 15 is 0 Å². The number of nitrogens with zero attached hydrogens (tertiary/aromatic N) is 3. The van der Waals surface area contributed by atoms with Gasteiger partial charge in [0.15, 0.2) is 11.5 Å². The number of aliphatic hydroxyl groups excluding tert-OH is 7. The Morgan fingerprint density at radius 3 is 2.09 bits per heavy atom. The molecule has 4 heterocycles. The molecule has 3 aliphatic rings. The summed E-state index contributed by atoms with van der Waals surface area (Å²) in [5.74, 6) is -12.6. The van der Waals surface area contributed by atoms with Crippen LogP contribution >= 0.6 is 0 Å². The summed E-state index contributed by atoms with van der Waals surface area (Å²) in [7, 11) is -5.58. The number of aromatic nitrogens is 1. The third-order valence-electron chi connectivity index (χ3n) is 14.6. The summed E-state index contributed by atoms with van der Waals surface area (Å²) < 4.78 is 44.4. The summed E-state index contributed by atoms with van der Waals surface area (Å²) in [5.41, 5.74) is 5.77. The molecule has 466 valence electrons. The predicted octanol–water partition coefficient (Wildman–Crippen LogP) is -7.04. The number of carbonyl (C=O) groups is 8. The molecule has 0 aliphatic carbocycles. The van der Waals surface area contributed by atoms with Gasteiger partial charge < -0.3 is 96.4 Å². The van der Waals surface area contributed by atoms with Crippen LogP contribution in [-0.2, 0) is 44.0 Å². The number of nitrogens with one attached hydrogen (secondary N) is 5. The molecule has 0 bridgehead atoms. The first kappa shape index (κ1) is 70.1. The molecule has 15 N–H and O–H groups in total. The molecule has 86 heavy (non-hydrogen) atoms. The number of benzene rings is 2. The van der Waals surface area contributed by atoms with Crippen molar-refractivity contribution in [3.63, 3.8) is 0 Å². The summed E-state index contributed by atoms with van der Waals surface area (Å²) in [4.78, 5) is 119. The van der Waals surface area contributed by atoms with Crippen LogP contribution in [0.15, 0.2) is 60.8 Å². The standard InChI is InChI=1S/C54H73N9O21S.Na/c1-4-5-6-7-8-17-83-33-13-9-28(10-14-33)34-15-11-30(22-56-34)48(73)58-35-19-31(65)23-57-52(77)44-45(70)26(2)24-63(44)54(79)42(38(68)21-40(55)69)60-51(76)43(47(72)46(71)29-12-16-37(67)39(18-29)84-85(80,81)82)61-50(75)36-20-32(66)25-62(36)53(78)41(27(3)64)59-49(35)74;/h9-16,18,22,26-27,31-32,35-36,38,41-47,64-68,70-72H,4-8,17,19-21,23-25H2,1-3H3,(H2,55,69)(H,57,77)(H,58,73)(H,59,74)(H,60,76)(H,61,75)(H,80,81,82);/q;+1/p-1/t26-,27+,31+,32+,35-,36?,38+,41?,42?,43?,44?,45-,46-,47-;/m0./s1. The number of fused-ring (bicyclic) bond motifs is 2. The molecule has 14 atom stereocenters. The average Bonchev–Trinajstić information content (AvgIpc) is 2.16. The largest absolute Gasteiger partial charge is 1.00 e. The van der Waals surface area contributed by atoms with Crippen molar-refractivity contribution in [1.82, 2.24) is 41.4 Å². The van der Waals surface area contributed by atoms with Crippen LogP contribution in [0.4, 0.5) is 0 Å². The number of phenols is 1. The molecule has 2 aromatic carbocycles. The van der Waals surface area contributed by atoms with Crippen molar-refractivity contribution < 1.29 is 131 Å². The monoisotopic (exact) mass is 1240 g/mol. The molecule has 3 aromatic rings. The molecule has 0 saturated carbocycles. The van der Waals surface area contributed by atoms with Gasteiger partial charge in [-0.1, -0.05) is 45.6 Å². The van der Waals surface area contributed by atoms with Gasteiger partial charge in [-0.15, -0.1) is 0 Å². The van der Waals surface area contributed by atoms with E-state index in [1.54, 1.807) is 24.3 Å². The van der Waals surface area contributed by atoms with Crippen molar-refractivity contribution in [3.8, 4) is 28.5 Å². The number of hydrogen-bond donors (Lipinski definition) is 14. The number of phenolic OH excluding ortho intramolecular Hbond substituents is 1. The van der Waals surface area contributed by atoms with Gasteiger partial charge in [0, 0.05) is 50.2 Å². The van der Waals surface area contributed by atoms with Crippen LogP contribution in [0.3, 0.4) is 0 Å². The third-order valence-corrected chi connectivity index (χ3v) is 15.0. The second-order valence-corrected chi connectivity index (χ2v) is 22.3. The molecule has 6 rings (SSSR count). The minimum absolute atomic E-state index is 0. The maximum atomic E-state index is 14.6. The quantitative estimate of drug-likeness (QED) is 0.0230. The van der Waals surface area contributed by atoms with Crippen LogP contribution in [0.5, 0.6) is 17.2 Å². The fourth-order valence-electron chi connectivity index (χ4n) is 10.0. The van der Waals surface area contributed by atoms with Crippen molar-refractivity contribution in [3.05, 3.63) is 71.9 Å². The van der Waals surface area contributed by atoms with Gasteiger partial charge in [0.2, 0.25) is 41.4 Å². The molecule has 8 amide bonds. The van der Waals surface area contributed by atoms with Crippen LogP contribution in [0.1, 0.15) is 94.2 Å². The van der Waals surface area contributed by atoms with Crippen molar-refractivity contribution in [2.24, 2.45) is 11.7 Å². The minimum Gasteiger partial charge on any atom is -0.716 e. The van der Waals surface area contributed by atoms with E-state index in [9.17, 15) is 92.2 Å². The van der Waals surface area contributed by atoms with Gasteiger partial charge in [-0.05, 0) is 67.4 Å². The molecular formula is C54H72N9NaO21S. The van der Waals surface area contributed by atoms with Gasteiger partial charge in [-0.25, -0.2) is 8.42 Å². The Bertz CT molecular complexity index is 3000. The Labute approximate surface area is 516 Å². The fraction of sp³-hybridized carbons (Fsp3) is 0.537. The molecule has 0 spiro atoms. The maximum Gasteiger partial charge on any atom is 1.00 e. The number of unbranched alkanes of at least 4 members (excludes halogenated alkanes) is 4. The normalized spacial score (nSPS) is 25.9. The van der Waals surface area contributed by atoms with E-state index in [0.29, 0.717) is 45.5 Å². The van der Waals surface area contributed by atoms with Crippen molar-refractivity contribution in [1.29, 1.82) is 0 Å². The summed E-state index contributed by atoms with van der Waals surface area (Å²) in [6.07, 6.45) is -10.1. The molecule has 3 fully saturated rings. The Balaban J connectivity index is 0.0000135. The first-order valence-corrected chi connectivity index (χ1v) is 28.7.